The molecule has 0 spiro atoms. The van der Waals surface area contributed by atoms with E-state index in [1.807, 2.05) is 68.4 Å². The SMILES string of the molecule is CCOc1ccc(-c2ccc(N3CCN(C(=O)Nc4cccc(Cl)c4C)CC3)nn2)cc1. The van der Waals surface area contributed by atoms with Crippen LogP contribution in [0, 0.1) is 6.92 Å². The van der Waals surface area contributed by atoms with Crippen LogP contribution in [0.25, 0.3) is 11.3 Å². The Morgan fingerprint density at radius 1 is 1.03 bits per heavy atom. The number of nitrogens with zero attached hydrogens (tertiary/aromatic N) is 4. The summed E-state index contributed by atoms with van der Waals surface area (Å²) in [5.74, 6) is 1.65. The molecule has 7 nitrogen and oxygen atoms in total. The van der Waals surface area contributed by atoms with Gasteiger partial charge in [0.15, 0.2) is 5.82 Å². The molecule has 0 unspecified atom stereocenters. The molecule has 166 valence electrons. The van der Waals surface area contributed by atoms with Gasteiger partial charge in [-0.05, 0) is 67.9 Å². The van der Waals surface area contributed by atoms with Gasteiger partial charge in [0, 0.05) is 42.5 Å². The maximum absolute atomic E-state index is 12.7. The van der Waals surface area contributed by atoms with Gasteiger partial charge < -0.3 is 19.9 Å². The van der Waals surface area contributed by atoms with Gasteiger partial charge in [-0.15, -0.1) is 10.2 Å². The summed E-state index contributed by atoms with van der Waals surface area (Å²) in [5.41, 5.74) is 3.40. The van der Waals surface area contributed by atoms with Crippen molar-refractivity contribution in [2.24, 2.45) is 0 Å². The van der Waals surface area contributed by atoms with Crippen LogP contribution in [0.15, 0.2) is 54.6 Å². The van der Waals surface area contributed by atoms with E-state index < -0.39 is 0 Å². The van der Waals surface area contributed by atoms with E-state index in [-0.39, 0.29) is 6.03 Å². The number of carbonyl (C=O) groups is 1. The summed E-state index contributed by atoms with van der Waals surface area (Å²) < 4.78 is 5.48. The number of nitrogens with one attached hydrogen (secondary N) is 1. The van der Waals surface area contributed by atoms with Crippen LogP contribution in [0.3, 0.4) is 0 Å². The van der Waals surface area contributed by atoms with Crippen molar-refractivity contribution in [1.29, 1.82) is 0 Å². The maximum atomic E-state index is 12.7. The van der Waals surface area contributed by atoms with Gasteiger partial charge in [-0.1, -0.05) is 17.7 Å². The molecule has 1 saturated heterocycles. The molecule has 3 aromatic rings. The lowest BCUT2D eigenvalue weighted by atomic mass is 10.1. The first-order valence-corrected chi connectivity index (χ1v) is 11.1. The highest BCUT2D eigenvalue weighted by molar-refractivity contribution is 6.31. The molecule has 1 aliphatic heterocycles. The Morgan fingerprint density at radius 3 is 2.44 bits per heavy atom. The molecule has 2 amide bonds. The van der Waals surface area contributed by atoms with E-state index in [2.05, 4.69) is 20.4 Å². The van der Waals surface area contributed by atoms with Crippen LogP contribution in [-0.2, 0) is 0 Å². The first-order valence-electron chi connectivity index (χ1n) is 10.7. The average Bonchev–Trinajstić information content (AvgIpc) is 2.83. The van der Waals surface area contributed by atoms with Crippen molar-refractivity contribution in [2.45, 2.75) is 13.8 Å². The van der Waals surface area contributed by atoms with E-state index >= 15 is 0 Å². The fourth-order valence-electron chi connectivity index (χ4n) is 3.61. The highest BCUT2D eigenvalue weighted by Crippen LogP contribution is 2.24. The topological polar surface area (TPSA) is 70.6 Å². The van der Waals surface area contributed by atoms with Crippen molar-refractivity contribution in [3.8, 4) is 17.0 Å². The fraction of sp³-hybridized carbons (Fsp3) is 0.292. The third kappa shape index (κ3) is 4.94. The number of urea groups is 1. The van der Waals surface area contributed by atoms with Crippen LogP contribution < -0.4 is 15.0 Å². The summed E-state index contributed by atoms with van der Waals surface area (Å²) in [4.78, 5) is 16.6. The Morgan fingerprint density at radius 2 is 1.78 bits per heavy atom. The monoisotopic (exact) mass is 451 g/mol. The van der Waals surface area contributed by atoms with Crippen molar-refractivity contribution >= 4 is 29.1 Å². The first-order chi connectivity index (χ1) is 15.5. The van der Waals surface area contributed by atoms with Crippen LogP contribution in [0.2, 0.25) is 5.02 Å². The highest BCUT2D eigenvalue weighted by atomic mass is 35.5. The summed E-state index contributed by atoms with van der Waals surface area (Å²) in [6.45, 7) is 7.10. The van der Waals surface area contributed by atoms with Crippen molar-refractivity contribution in [1.82, 2.24) is 15.1 Å². The molecule has 1 fully saturated rings. The van der Waals surface area contributed by atoms with Gasteiger partial charge in [0.1, 0.15) is 5.75 Å². The van der Waals surface area contributed by atoms with Crippen LogP contribution in [0.5, 0.6) is 5.75 Å². The average molecular weight is 452 g/mol. The van der Waals surface area contributed by atoms with Crippen molar-refractivity contribution in [2.75, 3.05) is 43.0 Å². The molecular weight excluding hydrogens is 426 g/mol. The van der Waals surface area contributed by atoms with Gasteiger partial charge in [-0.2, -0.15) is 0 Å². The summed E-state index contributed by atoms with van der Waals surface area (Å²) in [5, 5.41) is 12.4. The van der Waals surface area contributed by atoms with Crippen LogP contribution in [0.4, 0.5) is 16.3 Å². The maximum Gasteiger partial charge on any atom is 0.321 e. The minimum absolute atomic E-state index is 0.119. The first kappa shape index (κ1) is 21.9. The molecule has 8 heteroatoms. The molecule has 0 aliphatic carbocycles. The van der Waals surface area contributed by atoms with E-state index in [9.17, 15) is 4.79 Å². The number of carbonyl (C=O) groups excluding carboxylic acids is 1. The fourth-order valence-corrected chi connectivity index (χ4v) is 3.79. The van der Waals surface area contributed by atoms with E-state index in [1.54, 1.807) is 4.90 Å². The molecule has 1 aromatic heterocycles. The Balaban J connectivity index is 1.33. The van der Waals surface area contributed by atoms with Crippen molar-refractivity contribution < 1.29 is 9.53 Å². The number of hydrogen-bond acceptors (Lipinski definition) is 5. The van der Waals surface area contributed by atoms with Gasteiger partial charge in [-0.3, -0.25) is 0 Å². The Labute approximate surface area is 193 Å². The number of anilines is 2. The lowest BCUT2D eigenvalue weighted by Gasteiger charge is -2.35. The lowest BCUT2D eigenvalue weighted by molar-refractivity contribution is 0.208. The molecule has 2 aromatic carbocycles. The van der Waals surface area contributed by atoms with Gasteiger partial charge in [0.25, 0.3) is 0 Å². The number of ether oxygens (including phenoxy) is 1. The van der Waals surface area contributed by atoms with Crippen LogP contribution in [-0.4, -0.2) is 53.9 Å². The summed E-state index contributed by atoms with van der Waals surface area (Å²) in [6, 6.07) is 17.2. The minimum atomic E-state index is -0.119. The number of benzene rings is 2. The van der Waals surface area contributed by atoms with Crippen LogP contribution >= 0.6 is 11.6 Å². The molecule has 0 atom stereocenters. The molecule has 0 saturated carbocycles. The number of hydrogen-bond donors (Lipinski definition) is 1. The zero-order chi connectivity index (χ0) is 22.5. The molecule has 32 heavy (non-hydrogen) atoms. The third-order valence-corrected chi connectivity index (χ3v) is 5.92. The standard InChI is InChI=1S/C24H26ClN5O2/c1-3-32-19-9-7-18(8-10-19)22-11-12-23(28-27-22)29-13-15-30(16-14-29)24(31)26-21-6-4-5-20(25)17(21)2/h4-12H,3,13-16H2,1-2H3,(H,26,31). The highest BCUT2D eigenvalue weighted by Gasteiger charge is 2.22. The second-order valence-electron chi connectivity index (χ2n) is 7.55. The number of amides is 2. The molecule has 4 rings (SSSR count). The zero-order valence-corrected chi connectivity index (χ0v) is 19.0. The van der Waals surface area contributed by atoms with Gasteiger partial charge >= 0.3 is 6.03 Å². The minimum Gasteiger partial charge on any atom is -0.494 e. The summed E-state index contributed by atoms with van der Waals surface area (Å²) in [7, 11) is 0. The number of rotatable bonds is 5. The number of halogens is 1. The van der Waals surface area contributed by atoms with Gasteiger partial charge in [0.05, 0.1) is 12.3 Å². The molecule has 1 N–H and O–H groups in total. The Bertz CT molecular complexity index is 1060. The largest absolute Gasteiger partial charge is 0.494 e. The molecular formula is C24H26ClN5O2. The van der Waals surface area contributed by atoms with E-state index in [0.717, 1.165) is 34.1 Å². The quantitative estimate of drug-likeness (QED) is 0.600. The predicted molar refractivity (Wildman–Crippen MR) is 128 cm³/mol. The van der Waals surface area contributed by atoms with E-state index in [1.165, 1.54) is 0 Å². The van der Waals surface area contributed by atoms with E-state index in [0.29, 0.717) is 37.8 Å². The zero-order valence-electron chi connectivity index (χ0n) is 18.2. The second-order valence-corrected chi connectivity index (χ2v) is 7.96. The predicted octanol–water partition coefficient (Wildman–Crippen LogP) is 4.86. The molecule has 1 aliphatic rings. The molecule has 0 radical (unpaired) electrons. The Hall–Kier alpha value is -3.32. The van der Waals surface area contributed by atoms with Crippen molar-refractivity contribution in [3.05, 3.63) is 65.2 Å². The van der Waals surface area contributed by atoms with Crippen LogP contribution in [0.1, 0.15) is 12.5 Å². The smallest absolute Gasteiger partial charge is 0.321 e. The summed E-state index contributed by atoms with van der Waals surface area (Å²) >= 11 is 6.15. The summed E-state index contributed by atoms with van der Waals surface area (Å²) in [6.07, 6.45) is 0. The van der Waals surface area contributed by atoms with Gasteiger partial charge in [-0.25, -0.2) is 4.79 Å². The normalized spacial score (nSPS) is 13.7. The van der Waals surface area contributed by atoms with Crippen molar-refractivity contribution in [3.63, 3.8) is 0 Å². The Kier molecular flexibility index (Phi) is 6.75. The number of piperazine rings is 1. The molecule has 2 heterocycles. The van der Waals surface area contributed by atoms with E-state index in [4.69, 9.17) is 16.3 Å². The second kappa shape index (κ2) is 9.87. The third-order valence-electron chi connectivity index (χ3n) is 5.51. The van der Waals surface area contributed by atoms with Gasteiger partial charge in [0.2, 0.25) is 0 Å². The number of aromatic nitrogens is 2. The molecule has 0 bridgehead atoms. The lowest BCUT2D eigenvalue weighted by Crippen LogP contribution is -2.50.